The molecule has 0 fully saturated rings. The van der Waals surface area contributed by atoms with Gasteiger partial charge in [0.2, 0.25) is 0 Å². The molecule has 5 heteroatoms. The summed E-state index contributed by atoms with van der Waals surface area (Å²) in [5.41, 5.74) is -1.35. The van der Waals surface area contributed by atoms with Crippen LogP contribution in [-0.4, -0.2) is 17.7 Å². The van der Waals surface area contributed by atoms with E-state index in [1.165, 1.54) is 13.0 Å². The van der Waals surface area contributed by atoms with Crippen molar-refractivity contribution >= 4 is 5.97 Å². The Balaban J connectivity index is 3.21. The molecule has 1 aromatic rings. The standard InChI is InChI=1S/C9H10O5/c1-3-13-8(11)7-6(10)4-5(2)14-9(7)12/h4,10H,3H2,1-2H3. The summed E-state index contributed by atoms with van der Waals surface area (Å²) in [5.74, 6) is -1.06. The average molecular weight is 198 g/mol. The van der Waals surface area contributed by atoms with Crippen LogP contribution in [0.25, 0.3) is 0 Å². The molecule has 76 valence electrons. The highest BCUT2D eigenvalue weighted by atomic mass is 16.5. The maximum atomic E-state index is 11.2. The molecule has 0 radical (unpaired) electrons. The third-order valence-corrected chi connectivity index (χ3v) is 1.53. The molecule has 1 heterocycles. The Morgan fingerprint density at radius 2 is 2.29 bits per heavy atom. The first-order valence-corrected chi connectivity index (χ1v) is 4.07. The number of hydrogen-bond acceptors (Lipinski definition) is 5. The van der Waals surface area contributed by atoms with Crippen molar-refractivity contribution in [2.24, 2.45) is 0 Å². The minimum atomic E-state index is -0.888. The first kappa shape index (κ1) is 10.3. The van der Waals surface area contributed by atoms with Gasteiger partial charge in [-0.15, -0.1) is 0 Å². The summed E-state index contributed by atoms with van der Waals surface area (Å²) in [5, 5.41) is 9.31. The maximum Gasteiger partial charge on any atom is 0.354 e. The number of carbonyl (C=O) groups excluding carboxylic acids is 1. The smallest absolute Gasteiger partial charge is 0.354 e. The van der Waals surface area contributed by atoms with Crippen LogP contribution in [0.5, 0.6) is 5.75 Å². The fraction of sp³-hybridized carbons (Fsp3) is 0.333. The average Bonchev–Trinajstić information content (AvgIpc) is 2.01. The molecule has 0 spiro atoms. The lowest BCUT2D eigenvalue weighted by molar-refractivity contribution is 0.0517. The molecule has 1 aromatic heterocycles. The molecule has 5 nitrogen and oxygen atoms in total. The van der Waals surface area contributed by atoms with Crippen LogP contribution in [0.15, 0.2) is 15.3 Å². The summed E-state index contributed by atoms with van der Waals surface area (Å²) >= 11 is 0. The van der Waals surface area contributed by atoms with Gasteiger partial charge in [0.15, 0.2) is 5.56 Å². The first-order chi connectivity index (χ1) is 6.56. The fourth-order valence-electron chi connectivity index (χ4n) is 0.987. The van der Waals surface area contributed by atoms with Gasteiger partial charge in [-0.05, 0) is 13.8 Å². The van der Waals surface area contributed by atoms with Crippen molar-refractivity contribution in [3.63, 3.8) is 0 Å². The maximum absolute atomic E-state index is 11.2. The van der Waals surface area contributed by atoms with E-state index >= 15 is 0 Å². The van der Waals surface area contributed by atoms with Gasteiger partial charge in [0.25, 0.3) is 0 Å². The van der Waals surface area contributed by atoms with E-state index < -0.39 is 22.9 Å². The SMILES string of the molecule is CCOC(=O)c1c(O)cc(C)oc1=O. The molecule has 0 aromatic carbocycles. The lowest BCUT2D eigenvalue weighted by Crippen LogP contribution is -2.17. The molecule has 0 aliphatic heterocycles. The van der Waals surface area contributed by atoms with Gasteiger partial charge in [0.1, 0.15) is 11.5 Å². The molecular weight excluding hydrogens is 188 g/mol. The van der Waals surface area contributed by atoms with Crippen molar-refractivity contribution < 1.29 is 19.1 Å². The van der Waals surface area contributed by atoms with E-state index in [1.54, 1.807) is 6.92 Å². The monoisotopic (exact) mass is 198 g/mol. The van der Waals surface area contributed by atoms with E-state index in [4.69, 9.17) is 0 Å². The molecule has 0 unspecified atom stereocenters. The van der Waals surface area contributed by atoms with Crippen molar-refractivity contribution in [3.8, 4) is 5.75 Å². The number of aromatic hydroxyl groups is 1. The quantitative estimate of drug-likeness (QED) is 0.712. The predicted octanol–water partition coefficient (Wildman–Crippen LogP) is 0.831. The molecular formula is C9H10O5. The van der Waals surface area contributed by atoms with Crippen LogP contribution in [0.3, 0.4) is 0 Å². The molecule has 0 aliphatic carbocycles. The van der Waals surface area contributed by atoms with Gasteiger partial charge < -0.3 is 14.3 Å². The molecule has 0 aliphatic rings. The number of ether oxygens (including phenoxy) is 1. The fourth-order valence-corrected chi connectivity index (χ4v) is 0.987. The van der Waals surface area contributed by atoms with Crippen molar-refractivity contribution in [2.75, 3.05) is 6.61 Å². The lowest BCUT2D eigenvalue weighted by atomic mass is 10.2. The molecule has 0 atom stereocenters. The zero-order chi connectivity index (χ0) is 10.7. The number of esters is 1. The van der Waals surface area contributed by atoms with Crippen LogP contribution in [0.1, 0.15) is 23.0 Å². The Bertz CT molecular complexity index is 404. The van der Waals surface area contributed by atoms with Gasteiger partial charge >= 0.3 is 11.6 Å². The van der Waals surface area contributed by atoms with E-state index in [0.29, 0.717) is 0 Å². The van der Waals surface area contributed by atoms with Gasteiger partial charge in [-0.3, -0.25) is 0 Å². The van der Waals surface area contributed by atoms with Crippen LogP contribution >= 0.6 is 0 Å². The third kappa shape index (κ3) is 1.93. The Morgan fingerprint density at radius 3 is 2.79 bits per heavy atom. The van der Waals surface area contributed by atoms with Gasteiger partial charge in [0.05, 0.1) is 6.61 Å². The minimum absolute atomic E-state index is 0.131. The predicted molar refractivity (Wildman–Crippen MR) is 47.3 cm³/mol. The van der Waals surface area contributed by atoms with Gasteiger partial charge in [-0.1, -0.05) is 0 Å². The summed E-state index contributed by atoms with van der Waals surface area (Å²) in [6.45, 7) is 3.23. The van der Waals surface area contributed by atoms with Crippen LogP contribution in [0, 0.1) is 6.92 Å². The largest absolute Gasteiger partial charge is 0.507 e. The van der Waals surface area contributed by atoms with Crippen molar-refractivity contribution in [3.05, 3.63) is 27.8 Å². The first-order valence-electron chi connectivity index (χ1n) is 4.07. The van der Waals surface area contributed by atoms with Crippen molar-refractivity contribution in [2.45, 2.75) is 13.8 Å². The van der Waals surface area contributed by atoms with E-state index in [0.717, 1.165) is 0 Å². The molecule has 0 saturated carbocycles. The Labute approximate surface area is 79.9 Å². The highest BCUT2D eigenvalue weighted by Crippen LogP contribution is 2.15. The van der Waals surface area contributed by atoms with Crippen molar-refractivity contribution in [1.82, 2.24) is 0 Å². The molecule has 1 N–H and O–H groups in total. The van der Waals surface area contributed by atoms with E-state index in [-0.39, 0.29) is 12.4 Å². The second-order valence-electron chi connectivity index (χ2n) is 2.63. The Morgan fingerprint density at radius 1 is 1.64 bits per heavy atom. The van der Waals surface area contributed by atoms with Gasteiger partial charge in [-0.2, -0.15) is 0 Å². The summed E-state index contributed by atoms with van der Waals surface area (Å²) in [7, 11) is 0. The summed E-state index contributed by atoms with van der Waals surface area (Å²) < 4.78 is 9.21. The number of aryl methyl sites for hydroxylation is 1. The second-order valence-corrected chi connectivity index (χ2v) is 2.63. The van der Waals surface area contributed by atoms with E-state index in [1.807, 2.05) is 0 Å². The zero-order valence-electron chi connectivity index (χ0n) is 7.86. The topological polar surface area (TPSA) is 76.7 Å². The Hall–Kier alpha value is -1.78. The summed E-state index contributed by atoms with van der Waals surface area (Å²) in [4.78, 5) is 22.3. The molecule has 1 rings (SSSR count). The zero-order valence-corrected chi connectivity index (χ0v) is 7.86. The summed E-state index contributed by atoms with van der Waals surface area (Å²) in [6, 6.07) is 1.19. The molecule has 0 amide bonds. The second kappa shape index (κ2) is 3.95. The number of rotatable bonds is 2. The van der Waals surface area contributed by atoms with Crippen LogP contribution < -0.4 is 5.63 Å². The minimum Gasteiger partial charge on any atom is -0.507 e. The van der Waals surface area contributed by atoms with Crippen LogP contribution in [0.4, 0.5) is 0 Å². The highest BCUT2D eigenvalue weighted by Gasteiger charge is 2.18. The van der Waals surface area contributed by atoms with Crippen molar-refractivity contribution in [1.29, 1.82) is 0 Å². The summed E-state index contributed by atoms with van der Waals surface area (Å²) in [6.07, 6.45) is 0. The van der Waals surface area contributed by atoms with E-state index in [9.17, 15) is 14.7 Å². The normalized spacial score (nSPS) is 9.86. The van der Waals surface area contributed by atoms with Crippen LogP contribution in [-0.2, 0) is 4.74 Å². The van der Waals surface area contributed by atoms with Crippen LogP contribution in [0.2, 0.25) is 0 Å². The third-order valence-electron chi connectivity index (χ3n) is 1.53. The molecule has 0 bridgehead atoms. The molecule has 0 saturated heterocycles. The Kier molecular flexibility index (Phi) is 2.91. The highest BCUT2D eigenvalue weighted by molar-refractivity contribution is 5.91. The number of hydrogen-bond donors (Lipinski definition) is 1. The lowest BCUT2D eigenvalue weighted by Gasteiger charge is -2.02. The van der Waals surface area contributed by atoms with E-state index in [2.05, 4.69) is 9.15 Å². The molecule has 14 heavy (non-hydrogen) atoms. The van der Waals surface area contributed by atoms with Gasteiger partial charge in [-0.25, -0.2) is 9.59 Å². The number of carbonyl (C=O) groups is 1. The van der Waals surface area contributed by atoms with Gasteiger partial charge in [0, 0.05) is 6.07 Å².